The zero-order valence-electron chi connectivity index (χ0n) is 17.4. The number of likely N-dealkylation sites (tertiary alicyclic amines) is 1. The Kier molecular flexibility index (Phi) is 6.29. The fraction of sp³-hybridized carbons (Fsp3) is 0.478. The second-order valence-corrected chi connectivity index (χ2v) is 8.42. The summed E-state index contributed by atoms with van der Waals surface area (Å²) in [5.41, 5.74) is -0.442. The molecule has 3 heterocycles. The van der Waals surface area contributed by atoms with Crippen molar-refractivity contribution in [2.75, 3.05) is 39.3 Å². The number of carbonyl (C=O) groups is 1. The highest BCUT2D eigenvalue weighted by molar-refractivity contribution is 5.84. The molecule has 0 saturated carbocycles. The van der Waals surface area contributed by atoms with Crippen LogP contribution < -0.4 is 0 Å². The lowest BCUT2D eigenvalue weighted by Gasteiger charge is -2.40. The third kappa shape index (κ3) is 4.75. The van der Waals surface area contributed by atoms with Crippen molar-refractivity contribution < 1.29 is 18.0 Å². The molecule has 2 aromatic rings. The average Bonchev–Trinajstić information content (AvgIpc) is 3.20. The molecule has 1 aromatic heterocycles. The maximum absolute atomic E-state index is 14.2. The lowest BCUT2D eigenvalue weighted by atomic mass is 9.84. The fourth-order valence-electron chi connectivity index (χ4n) is 4.53. The number of carbonyl (C=O) groups excluding carboxylic acids is 1. The number of amides is 1. The van der Waals surface area contributed by atoms with Crippen LogP contribution in [-0.4, -0.2) is 71.0 Å². The van der Waals surface area contributed by atoms with Crippen LogP contribution in [0.25, 0.3) is 0 Å². The van der Waals surface area contributed by atoms with E-state index in [-0.39, 0.29) is 19.5 Å². The molecular formula is C23H27F3N4O. The fourth-order valence-corrected chi connectivity index (χ4v) is 4.53. The van der Waals surface area contributed by atoms with E-state index in [0.29, 0.717) is 39.3 Å². The molecule has 2 saturated heterocycles. The summed E-state index contributed by atoms with van der Waals surface area (Å²) in [6, 6.07) is 15.1. The minimum absolute atomic E-state index is 0.184. The van der Waals surface area contributed by atoms with Crippen molar-refractivity contribution in [2.45, 2.75) is 25.7 Å². The number of piperazine rings is 1. The highest BCUT2D eigenvalue weighted by atomic mass is 19.4. The summed E-state index contributed by atoms with van der Waals surface area (Å²) in [7, 11) is 0. The van der Waals surface area contributed by atoms with Crippen molar-refractivity contribution in [3.05, 3.63) is 66.0 Å². The summed E-state index contributed by atoms with van der Waals surface area (Å²) in [5, 5.41) is 0. The third-order valence-electron chi connectivity index (χ3n) is 6.32. The van der Waals surface area contributed by atoms with Gasteiger partial charge in [0.05, 0.1) is 5.69 Å². The third-order valence-corrected chi connectivity index (χ3v) is 6.32. The highest BCUT2D eigenvalue weighted by Gasteiger charge is 2.64. The summed E-state index contributed by atoms with van der Waals surface area (Å²) < 4.78 is 42.6. The number of rotatable bonds is 5. The van der Waals surface area contributed by atoms with Gasteiger partial charge >= 0.3 is 6.18 Å². The van der Waals surface area contributed by atoms with Crippen LogP contribution in [0, 0.1) is 5.41 Å². The number of halogens is 3. The first-order valence-electron chi connectivity index (χ1n) is 10.6. The van der Waals surface area contributed by atoms with Crippen molar-refractivity contribution in [3.63, 3.8) is 0 Å². The molecule has 1 amide bonds. The Hall–Kier alpha value is -2.45. The predicted molar refractivity (Wildman–Crippen MR) is 111 cm³/mol. The van der Waals surface area contributed by atoms with Gasteiger partial charge in [0.2, 0.25) is 5.91 Å². The lowest BCUT2D eigenvalue weighted by Crippen LogP contribution is -2.58. The van der Waals surface area contributed by atoms with E-state index < -0.39 is 17.5 Å². The van der Waals surface area contributed by atoms with Gasteiger partial charge in [0, 0.05) is 52.0 Å². The van der Waals surface area contributed by atoms with Crippen LogP contribution in [0.1, 0.15) is 17.7 Å². The second-order valence-electron chi connectivity index (χ2n) is 8.42. The van der Waals surface area contributed by atoms with E-state index in [1.165, 1.54) is 4.90 Å². The quantitative estimate of drug-likeness (QED) is 0.728. The number of hydrogen-bond donors (Lipinski definition) is 0. The molecule has 0 spiro atoms. The molecule has 4 rings (SSSR count). The van der Waals surface area contributed by atoms with Crippen LogP contribution in [0.4, 0.5) is 13.2 Å². The number of nitrogens with zero attached hydrogens (tertiary/aromatic N) is 4. The Morgan fingerprint density at radius 1 is 0.903 bits per heavy atom. The van der Waals surface area contributed by atoms with Gasteiger partial charge in [-0.25, -0.2) is 0 Å². The molecular weight excluding hydrogens is 405 g/mol. The van der Waals surface area contributed by atoms with E-state index in [1.807, 2.05) is 48.5 Å². The van der Waals surface area contributed by atoms with E-state index in [1.54, 1.807) is 11.1 Å². The molecule has 2 aliphatic heterocycles. The first-order chi connectivity index (χ1) is 14.9. The molecule has 0 N–H and O–H groups in total. The van der Waals surface area contributed by atoms with Crippen molar-refractivity contribution >= 4 is 5.91 Å². The molecule has 0 radical (unpaired) electrons. The molecule has 1 atom stereocenters. The normalized spacial score (nSPS) is 23.3. The van der Waals surface area contributed by atoms with Crippen molar-refractivity contribution in [1.82, 2.24) is 19.7 Å². The van der Waals surface area contributed by atoms with Crippen LogP contribution in [0.2, 0.25) is 0 Å². The maximum Gasteiger partial charge on any atom is 0.404 e. The molecule has 5 nitrogen and oxygen atoms in total. The van der Waals surface area contributed by atoms with E-state index in [2.05, 4.69) is 9.88 Å². The second kappa shape index (κ2) is 8.96. The molecule has 8 heteroatoms. The van der Waals surface area contributed by atoms with Crippen molar-refractivity contribution in [2.24, 2.45) is 5.41 Å². The van der Waals surface area contributed by atoms with Gasteiger partial charge in [-0.15, -0.1) is 0 Å². The maximum atomic E-state index is 14.2. The van der Waals surface area contributed by atoms with E-state index >= 15 is 0 Å². The molecule has 31 heavy (non-hydrogen) atoms. The largest absolute Gasteiger partial charge is 0.404 e. The van der Waals surface area contributed by atoms with Gasteiger partial charge in [-0.1, -0.05) is 36.4 Å². The van der Waals surface area contributed by atoms with E-state index in [0.717, 1.165) is 11.3 Å². The Balaban J connectivity index is 1.40. The van der Waals surface area contributed by atoms with Gasteiger partial charge in [-0.3, -0.25) is 19.6 Å². The van der Waals surface area contributed by atoms with E-state index in [9.17, 15) is 18.0 Å². The van der Waals surface area contributed by atoms with Gasteiger partial charge in [0.25, 0.3) is 0 Å². The number of benzene rings is 1. The number of pyridine rings is 1. The Labute approximate surface area is 180 Å². The van der Waals surface area contributed by atoms with Gasteiger partial charge in [0.1, 0.15) is 0 Å². The molecule has 0 bridgehead atoms. The zero-order chi connectivity index (χ0) is 21.9. The minimum atomic E-state index is -4.57. The molecule has 2 fully saturated rings. The van der Waals surface area contributed by atoms with Crippen LogP contribution >= 0.6 is 0 Å². The van der Waals surface area contributed by atoms with Crippen LogP contribution in [-0.2, 0) is 17.9 Å². The summed E-state index contributed by atoms with van der Waals surface area (Å²) >= 11 is 0. The molecule has 1 unspecified atom stereocenters. The molecule has 2 aliphatic rings. The topological polar surface area (TPSA) is 39.7 Å². The molecule has 0 aliphatic carbocycles. The zero-order valence-corrected chi connectivity index (χ0v) is 17.4. The summed E-state index contributed by atoms with van der Waals surface area (Å²) in [6.07, 6.45) is -3.03. The van der Waals surface area contributed by atoms with Crippen LogP contribution in [0.3, 0.4) is 0 Å². The van der Waals surface area contributed by atoms with Gasteiger partial charge < -0.3 is 4.90 Å². The molecule has 166 valence electrons. The average molecular weight is 432 g/mol. The first kappa shape index (κ1) is 21.8. The number of aromatic nitrogens is 1. The van der Waals surface area contributed by atoms with Crippen LogP contribution in [0.5, 0.6) is 0 Å². The Bertz CT molecular complexity index is 869. The monoisotopic (exact) mass is 432 g/mol. The number of hydrogen-bond acceptors (Lipinski definition) is 4. The summed E-state index contributed by atoms with van der Waals surface area (Å²) in [5.74, 6) is -0.770. The van der Waals surface area contributed by atoms with Crippen LogP contribution in [0.15, 0.2) is 54.7 Å². The predicted octanol–water partition coefficient (Wildman–Crippen LogP) is 3.18. The SMILES string of the molecule is O=C(N1CCN(Cc2ccccn2)CC1)C1(C(F)(F)F)CCN(Cc2ccccc2)C1. The molecule has 1 aromatic carbocycles. The first-order valence-corrected chi connectivity index (χ1v) is 10.6. The van der Waals surface area contributed by atoms with E-state index in [4.69, 9.17) is 0 Å². The summed E-state index contributed by atoms with van der Waals surface area (Å²) in [4.78, 5) is 22.8. The standard InChI is InChI=1S/C23H27F3N4O/c24-23(25,26)22(9-11-29(18-22)16-19-6-2-1-3-7-19)21(31)30-14-12-28(13-15-30)17-20-8-4-5-10-27-20/h1-8,10H,9,11-18H2. The van der Waals surface area contributed by atoms with Crippen molar-refractivity contribution in [3.8, 4) is 0 Å². The van der Waals surface area contributed by atoms with Gasteiger partial charge in [0.15, 0.2) is 5.41 Å². The number of alkyl halides is 3. The minimum Gasteiger partial charge on any atom is -0.339 e. The van der Waals surface area contributed by atoms with Gasteiger partial charge in [-0.05, 0) is 30.7 Å². The smallest absolute Gasteiger partial charge is 0.339 e. The highest BCUT2D eigenvalue weighted by Crippen LogP contribution is 2.47. The Morgan fingerprint density at radius 2 is 1.61 bits per heavy atom. The Morgan fingerprint density at radius 3 is 2.26 bits per heavy atom. The lowest BCUT2D eigenvalue weighted by molar-refractivity contribution is -0.224. The van der Waals surface area contributed by atoms with Crippen molar-refractivity contribution in [1.29, 1.82) is 0 Å². The summed E-state index contributed by atoms with van der Waals surface area (Å²) in [6.45, 7) is 2.75. The van der Waals surface area contributed by atoms with Gasteiger partial charge in [-0.2, -0.15) is 13.2 Å².